The Bertz CT molecular complexity index is 566. The lowest BCUT2D eigenvalue weighted by atomic mass is 10.0. The van der Waals surface area contributed by atoms with E-state index in [1.807, 2.05) is 24.7 Å². The molecular weight excluding hydrogens is 260 g/mol. The summed E-state index contributed by atoms with van der Waals surface area (Å²) in [4.78, 5) is 4.25. The van der Waals surface area contributed by atoms with Crippen LogP contribution in [0.1, 0.15) is 30.8 Å². The number of imidazole rings is 1. The second-order valence-corrected chi connectivity index (χ2v) is 4.77. The molecule has 0 saturated heterocycles. The Labute approximate surface area is 117 Å². The Balaban J connectivity index is 2.14. The molecule has 20 heavy (non-hydrogen) atoms. The Morgan fingerprint density at radius 1 is 1.35 bits per heavy atom. The first-order chi connectivity index (χ1) is 9.61. The first-order valence-electron chi connectivity index (χ1n) is 6.76. The van der Waals surface area contributed by atoms with Crippen molar-refractivity contribution in [1.29, 1.82) is 0 Å². The van der Waals surface area contributed by atoms with Crippen molar-refractivity contribution in [2.45, 2.75) is 25.8 Å². The van der Waals surface area contributed by atoms with Crippen molar-refractivity contribution in [3.05, 3.63) is 53.6 Å². The number of hydrogen-bond donors (Lipinski definition) is 1. The molecule has 2 aromatic rings. The predicted molar refractivity (Wildman–Crippen MR) is 74.3 cm³/mol. The van der Waals surface area contributed by atoms with Crippen LogP contribution in [0.4, 0.5) is 8.78 Å². The fraction of sp³-hybridized carbons (Fsp3) is 0.400. The molecule has 3 nitrogen and oxygen atoms in total. The van der Waals surface area contributed by atoms with E-state index in [-0.39, 0.29) is 11.9 Å². The molecule has 0 aliphatic heterocycles. The molecule has 0 amide bonds. The zero-order valence-electron chi connectivity index (χ0n) is 11.7. The Morgan fingerprint density at radius 2 is 2.15 bits per heavy atom. The van der Waals surface area contributed by atoms with Gasteiger partial charge in [-0.25, -0.2) is 13.8 Å². The van der Waals surface area contributed by atoms with E-state index in [1.54, 1.807) is 6.20 Å². The van der Waals surface area contributed by atoms with Gasteiger partial charge in [-0.15, -0.1) is 0 Å². The highest BCUT2D eigenvalue weighted by molar-refractivity contribution is 5.22. The third-order valence-electron chi connectivity index (χ3n) is 3.36. The highest BCUT2D eigenvalue weighted by Crippen LogP contribution is 2.22. The van der Waals surface area contributed by atoms with Crippen LogP contribution in [0, 0.1) is 11.6 Å². The smallest absolute Gasteiger partial charge is 0.128 e. The molecule has 0 bridgehead atoms. The Hall–Kier alpha value is -1.75. The Kier molecular flexibility index (Phi) is 4.84. The fourth-order valence-electron chi connectivity index (χ4n) is 2.31. The van der Waals surface area contributed by atoms with Gasteiger partial charge in [-0.05, 0) is 31.2 Å². The largest absolute Gasteiger partial charge is 0.338 e. The summed E-state index contributed by atoms with van der Waals surface area (Å²) in [6.45, 7) is 2.64. The highest BCUT2D eigenvalue weighted by atomic mass is 19.1. The average molecular weight is 279 g/mol. The lowest BCUT2D eigenvalue weighted by Gasteiger charge is -2.19. The van der Waals surface area contributed by atoms with Gasteiger partial charge in [-0.1, -0.05) is 6.92 Å². The van der Waals surface area contributed by atoms with Gasteiger partial charge in [0.25, 0.3) is 0 Å². The third-order valence-corrected chi connectivity index (χ3v) is 3.36. The number of nitrogens with one attached hydrogen (secondary N) is 1. The second kappa shape index (κ2) is 6.61. The number of rotatable bonds is 6. The summed E-state index contributed by atoms with van der Waals surface area (Å²) in [5, 5.41) is 3.21. The van der Waals surface area contributed by atoms with Crippen LogP contribution in [0.5, 0.6) is 0 Å². The van der Waals surface area contributed by atoms with Gasteiger partial charge in [0.1, 0.15) is 17.5 Å². The third kappa shape index (κ3) is 3.42. The summed E-state index contributed by atoms with van der Waals surface area (Å²) >= 11 is 0. The Morgan fingerprint density at radius 3 is 2.80 bits per heavy atom. The summed E-state index contributed by atoms with van der Waals surface area (Å²) in [6.07, 6.45) is 4.98. The van der Waals surface area contributed by atoms with Gasteiger partial charge in [0, 0.05) is 37.5 Å². The van der Waals surface area contributed by atoms with E-state index in [1.165, 1.54) is 12.1 Å². The zero-order valence-corrected chi connectivity index (χ0v) is 11.7. The van der Waals surface area contributed by atoms with E-state index < -0.39 is 5.82 Å². The van der Waals surface area contributed by atoms with Crippen LogP contribution in [-0.2, 0) is 13.5 Å². The zero-order chi connectivity index (χ0) is 14.5. The van der Waals surface area contributed by atoms with E-state index in [0.717, 1.165) is 11.9 Å². The number of halogens is 2. The molecule has 5 heteroatoms. The van der Waals surface area contributed by atoms with E-state index in [4.69, 9.17) is 0 Å². The number of hydrogen-bond acceptors (Lipinski definition) is 2. The van der Waals surface area contributed by atoms with Crippen LogP contribution in [0.15, 0.2) is 30.6 Å². The van der Waals surface area contributed by atoms with E-state index in [0.29, 0.717) is 24.9 Å². The fourth-order valence-corrected chi connectivity index (χ4v) is 2.31. The summed E-state index contributed by atoms with van der Waals surface area (Å²) < 4.78 is 29.1. The molecule has 2 rings (SSSR count). The van der Waals surface area contributed by atoms with Crippen LogP contribution in [-0.4, -0.2) is 16.1 Å². The minimum Gasteiger partial charge on any atom is -0.338 e. The molecule has 0 fully saturated rings. The van der Waals surface area contributed by atoms with Crippen molar-refractivity contribution in [1.82, 2.24) is 14.9 Å². The molecular formula is C15H19F2N3. The molecule has 1 aromatic carbocycles. The topological polar surface area (TPSA) is 29.9 Å². The van der Waals surface area contributed by atoms with Crippen molar-refractivity contribution in [3.8, 4) is 0 Å². The van der Waals surface area contributed by atoms with Crippen LogP contribution < -0.4 is 5.32 Å². The molecule has 0 aliphatic rings. The summed E-state index contributed by atoms with van der Waals surface area (Å²) in [7, 11) is 1.92. The molecule has 1 aromatic heterocycles. The lowest BCUT2D eigenvalue weighted by molar-refractivity contribution is 0.473. The lowest BCUT2D eigenvalue weighted by Crippen LogP contribution is -2.23. The molecule has 1 unspecified atom stereocenters. The first kappa shape index (κ1) is 14.7. The van der Waals surface area contributed by atoms with Crippen molar-refractivity contribution in [3.63, 3.8) is 0 Å². The van der Waals surface area contributed by atoms with Gasteiger partial charge in [-0.2, -0.15) is 0 Å². The van der Waals surface area contributed by atoms with Gasteiger partial charge in [0.15, 0.2) is 0 Å². The maximum atomic E-state index is 13.9. The van der Waals surface area contributed by atoms with Gasteiger partial charge in [-0.3, -0.25) is 0 Å². The number of aryl methyl sites for hydroxylation is 2. The number of nitrogens with zero attached hydrogens (tertiary/aromatic N) is 2. The van der Waals surface area contributed by atoms with Crippen LogP contribution >= 0.6 is 0 Å². The maximum absolute atomic E-state index is 13.9. The molecule has 1 atom stereocenters. The normalized spacial score (nSPS) is 12.6. The van der Waals surface area contributed by atoms with Crippen molar-refractivity contribution >= 4 is 0 Å². The molecule has 0 radical (unpaired) electrons. The average Bonchev–Trinajstić information content (AvgIpc) is 2.83. The predicted octanol–water partition coefficient (Wildman–Crippen LogP) is 2.98. The van der Waals surface area contributed by atoms with Crippen molar-refractivity contribution < 1.29 is 8.78 Å². The van der Waals surface area contributed by atoms with Crippen LogP contribution in [0.2, 0.25) is 0 Å². The van der Waals surface area contributed by atoms with E-state index in [2.05, 4.69) is 10.3 Å². The quantitative estimate of drug-likeness (QED) is 0.881. The summed E-state index contributed by atoms with van der Waals surface area (Å²) in [5.41, 5.74) is 0.376. The van der Waals surface area contributed by atoms with Gasteiger partial charge in [0.05, 0.1) is 0 Å². The number of aromatic nitrogens is 2. The van der Waals surface area contributed by atoms with E-state index in [9.17, 15) is 8.78 Å². The summed E-state index contributed by atoms with van der Waals surface area (Å²) in [5.74, 6) is 0.142. The first-order valence-corrected chi connectivity index (χ1v) is 6.76. The van der Waals surface area contributed by atoms with E-state index >= 15 is 0 Å². The monoisotopic (exact) mass is 279 g/mol. The van der Waals surface area contributed by atoms with Gasteiger partial charge in [0.2, 0.25) is 0 Å². The molecule has 1 N–H and O–H groups in total. The molecule has 108 valence electrons. The minimum absolute atomic E-state index is 0.215. The standard InChI is InChI=1S/C15H19F2N3/c1-3-18-14(6-7-15-19-8-9-20(15)2)12-10-11(16)4-5-13(12)17/h4-5,8-10,14,18H,3,6-7H2,1-2H3. The SMILES string of the molecule is CCNC(CCc1nccn1C)c1cc(F)ccc1F. The van der Waals surface area contributed by atoms with Gasteiger partial charge >= 0.3 is 0 Å². The van der Waals surface area contributed by atoms with Crippen LogP contribution in [0.3, 0.4) is 0 Å². The molecule has 0 spiro atoms. The molecule has 1 heterocycles. The minimum atomic E-state index is -0.415. The van der Waals surface area contributed by atoms with Crippen molar-refractivity contribution in [2.24, 2.45) is 7.05 Å². The van der Waals surface area contributed by atoms with Crippen molar-refractivity contribution in [2.75, 3.05) is 6.54 Å². The maximum Gasteiger partial charge on any atom is 0.128 e. The summed E-state index contributed by atoms with van der Waals surface area (Å²) in [6, 6.07) is 3.37. The van der Waals surface area contributed by atoms with Crippen LogP contribution in [0.25, 0.3) is 0 Å². The second-order valence-electron chi connectivity index (χ2n) is 4.77. The molecule has 0 saturated carbocycles. The van der Waals surface area contributed by atoms with Gasteiger partial charge < -0.3 is 9.88 Å². The number of benzene rings is 1. The highest BCUT2D eigenvalue weighted by Gasteiger charge is 2.16. The molecule has 0 aliphatic carbocycles.